The van der Waals surface area contributed by atoms with Crippen LogP contribution in [0.3, 0.4) is 0 Å². The van der Waals surface area contributed by atoms with Gasteiger partial charge in [0.15, 0.2) is 5.58 Å². The first kappa shape index (κ1) is 17.7. The van der Waals surface area contributed by atoms with Crippen molar-refractivity contribution in [2.75, 3.05) is 5.32 Å². The number of rotatable bonds is 3. The number of anilines is 1. The summed E-state index contributed by atoms with van der Waals surface area (Å²) in [6, 6.07) is 8.11. The second kappa shape index (κ2) is 6.60. The maximum Gasteiger partial charge on any atom is 0.295 e. The number of aromatic nitrogens is 5. The summed E-state index contributed by atoms with van der Waals surface area (Å²) in [4.78, 5) is 13.4. The van der Waals surface area contributed by atoms with E-state index in [9.17, 15) is 0 Å². The summed E-state index contributed by atoms with van der Waals surface area (Å²) in [6.07, 6.45) is 7.73. The minimum Gasteiger partial charge on any atom is -0.422 e. The fourth-order valence-corrected chi connectivity index (χ4v) is 3.82. The van der Waals surface area contributed by atoms with Crippen molar-refractivity contribution < 1.29 is 25.5 Å². The molecule has 2 aliphatic rings. The molecule has 1 atom stereocenters. The quantitative estimate of drug-likeness (QED) is 0.380. The Balaban J connectivity index is 0.00000171. The molecule has 1 N–H and O–H groups in total. The summed E-state index contributed by atoms with van der Waals surface area (Å²) in [5.74, 6) is 2.10. The first-order valence-electron chi connectivity index (χ1n) is 8.83. The molecule has 0 spiro atoms. The average molecular weight is 562 g/mol. The number of fused-ring (bicyclic) bond motifs is 4. The van der Waals surface area contributed by atoms with Crippen LogP contribution in [0.25, 0.3) is 16.9 Å². The molecule has 0 radical (unpaired) electrons. The van der Waals surface area contributed by atoms with Gasteiger partial charge >= 0.3 is 0 Å². The Morgan fingerprint density at radius 3 is 3.00 bits per heavy atom. The summed E-state index contributed by atoms with van der Waals surface area (Å²) in [5.41, 5.74) is 3.57. The molecule has 140 valence electrons. The molecule has 9 heteroatoms. The van der Waals surface area contributed by atoms with E-state index < -0.39 is 0 Å². The van der Waals surface area contributed by atoms with Crippen LogP contribution in [0.2, 0.25) is 5.02 Å². The van der Waals surface area contributed by atoms with E-state index in [2.05, 4.69) is 31.4 Å². The molecule has 1 fully saturated rings. The van der Waals surface area contributed by atoms with Crippen molar-refractivity contribution in [1.29, 1.82) is 0 Å². The second-order valence-electron chi connectivity index (χ2n) is 6.88. The monoisotopic (exact) mass is 561 g/mol. The number of nitrogens with one attached hydrogen (secondary N) is 1. The third kappa shape index (κ3) is 2.81. The van der Waals surface area contributed by atoms with E-state index in [1.54, 1.807) is 10.9 Å². The summed E-state index contributed by atoms with van der Waals surface area (Å²) < 4.78 is 7.62. The van der Waals surface area contributed by atoms with Crippen LogP contribution in [-0.2, 0) is 21.1 Å². The zero-order chi connectivity index (χ0) is 18.0. The van der Waals surface area contributed by atoms with Crippen LogP contribution in [-0.4, -0.2) is 24.7 Å². The normalized spacial score (nSPS) is 17.4. The van der Waals surface area contributed by atoms with Crippen molar-refractivity contribution in [2.45, 2.75) is 24.8 Å². The zero-order valence-corrected chi connectivity index (χ0v) is 18.2. The maximum absolute atomic E-state index is 6.42. The first-order chi connectivity index (χ1) is 13.3. The van der Waals surface area contributed by atoms with Crippen LogP contribution in [0.1, 0.15) is 41.8 Å². The fraction of sp³-hybridized carbons (Fsp3) is 0.211. The van der Waals surface area contributed by atoms with E-state index in [-0.39, 0.29) is 27.1 Å². The molecule has 4 aromatic rings. The van der Waals surface area contributed by atoms with E-state index in [0.29, 0.717) is 22.5 Å². The van der Waals surface area contributed by atoms with Crippen molar-refractivity contribution in [1.82, 2.24) is 24.7 Å². The van der Waals surface area contributed by atoms with Crippen LogP contribution in [0.15, 0.2) is 41.2 Å². The van der Waals surface area contributed by atoms with Gasteiger partial charge in [-0.25, -0.2) is 4.98 Å². The molecule has 1 unspecified atom stereocenters. The molecule has 0 saturated heterocycles. The summed E-state index contributed by atoms with van der Waals surface area (Å²) in [7, 11) is 0. The summed E-state index contributed by atoms with van der Waals surface area (Å²) in [6.45, 7) is 0. The standard InChI is InChI=1S/C19H14ClN6O.W/c20-13-6-12(10-3-4-10)8-14-16(13)27-19(24-14)25-15-7-11-2-1-5-21-17(11)26-18(15)22-9-23-26;/h1-2,5-10,15H,3-4H2,(H,24,25);/q-1;. The molecule has 6 rings (SSSR count). The molecule has 0 bridgehead atoms. The van der Waals surface area contributed by atoms with Crippen LogP contribution in [0.5, 0.6) is 0 Å². The number of pyridine rings is 1. The second-order valence-corrected chi connectivity index (χ2v) is 7.29. The van der Waals surface area contributed by atoms with Crippen LogP contribution < -0.4 is 5.32 Å². The van der Waals surface area contributed by atoms with Gasteiger partial charge in [0.05, 0.1) is 16.9 Å². The van der Waals surface area contributed by atoms with Crippen molar-refractivity contribution in [3.8, 4) is 5.82 Å². The number of oxazole rings is 1. The molecule has 1 aromatic carbocycles. The molecule has 1 saturated carbocycles. The van der Waals surface area contributed by atoms with Crippen LogP contribution in [0.4, 0.5) is 6.01 Å². The zero-order valence-electron chi connectivity index (χ0n) is 14.5. The Kier molecular flexibility index (Phi) is 4.18. The smallest absolute Gasteiger partial charge is 0.295 e. The molecule has 1 aliphatic heterocycles. The Morgan fingerprint density at radius 1 is 1.25 bits per heavy atom. The molecular weight excluding hydrogens is 548 g/mol. The molecule has 28 heavy (non-hydrogen) atoms. The first-order valence-corrected chi connectivity index (χ1v) is 9.21. The predicted molar refractivity (Wildman–Crippen MR) is 99.9 cm³/mol. The van der Waals surface area contributed by atoms with Gasteiger partial charge in [-0.3, -0.25) is 4.68 Å². The van der Waals surface area contributed by atoms with Gasteiger partial charge in [-0.15, -0.1) is 11.6 Å². The van der Waals surface area contributed by atoms with Gasteiger partial charge in [0, 0.05) is 27.3 Å². The van der Waals surface area contributed by atoms with Crippen LogP contribution >= 0.6 is 11.6 Å². The van der Waals surface area contributed by atoms with E-state index in [0.717, 1.165) is 22.7 Å². The summed E-state index contributed by atoms with van der Waals surface area (Å²) >= 11 is 6.42. The molecule has 4 heterocycles. The Labute approximate surface area is 179 Å². The average Bonchev–Trinajstić information content (AvgIpc) is 3.25. The predicted octanol–water partition coefficient (Wildman–Crippen LogP) is 4.05. The van der Waals surface area contributed by atoms with E-state index in [4.69, 9.17) is 16.0 Å². The minimum absolute atomic E-state index is 0. The van der Waals surface area contributed by atoms with Crippen LogP contribution in [0, 0.1) is 6.42 Å². The maximum atomic E-state index is 6.42. The van der Waals surface area contributed by atoms with Gasteiger partial charge in [0.25, 0.3) is 6.01 Å². The van der Waals surface area contributed by atoms with Gasteiger partial charge in [0.2, 0.25) is 0 Å². The van der Waals surface area contributed by atoms with Gasteiger partial charge in [-0.2, -0.15) is 22.6 Å². The van der Waals surface area contributed by atoms with E-state index >= 15 is 0 Å². The molecule has 7 nitrogen and oxygen atoms in total. The Hall–Kier alpha value is -2.37. The fourth-order valence-electron chi connectivity index (χ4n) is 3.56. The molecular formula is C19H14ClN6OW-. The van der Waals surface area contributed by atoms with Crippen molar-refractivity contribution in [3.05, 3.63) is 65.2 Å². The number of nitrogens with zero attached hydrogens (tertiary/aromatic N) is 5. The number of benzene rings is 1. The Morgan fingerprint density at radius 2 is 2.14 bits per heavy atom. The summed E-state index contributed by atoms with van der Waals surface area (Å²) in [5, 5.41) is 8.20. The van der Waals surface area contributed by atoms with Gasteiger partial charge in [-0.1, -0.05) is 11.6 Å². The molecule has 0 amide bonds. The van der Waals surface area contributed by atoms with E-state index in [1.807, 2.05) is 24.6 Å². The largest absolute Gasteiger partial charge is 0.422 e. The van der Waals surface area contributed by atoms with Gasteiger partial charge in [0.1, 0.15) is 17.7 Å². The third-order valence-electron chi connectivity index (χ3n) is 5.01. The number of hydrogen-bond donors (Lipinski definition) is 1. The molecule has 3 aromatic heterocycles. The minimum atomic E-state index is -0.237. The number of halogens is 1. The SMILES string of the molecule is Clc1cc(C2CC2)cc2nc(NC3[CH-]c4cccnc4-n4ncnc43)oc12.[W]. The van der Waals surface area contributed by atoms with E-state index in [1.165, 1.54) is 24.7 Å². The van der Waals surface area contributed by atoms with Gasteiger partial charge < -0.3 is 14.7 Å². The van der Waals surface area contributed by atoms with Crippen molar-refractivity contribution in [2.24, 2.45) is 0 Å². The van der Waals surface area contributed by atoms with Crippen molar-refractivity contribution >= 4 is 28.7 Å². The molecule has 1 aliphatic carbocycles. The number of hydrogen-bond acceptors (Lipinski definition) is 6. The topological polar surface area (TPSA) is 81.7 Å². The van der Waals surface area contributed by atoms with Gasteiger partial charge in [-0.05, 0) is 36.5 Å². The third-order valence-corrected chi connectivity index (χ3v) is 5.29. The Bertz CT molecular complexity index is 1180. The van der Waals surface area contributed by atoms with Crippen molar-refractivity contribution in [3.63, 3.8) is 0 Å².